The molecular weight excluding hydrogens is 986 g/mol. The van der Waals surface area contributed by atoms with Gasteiger partial charge in [-0.3, -0.25) is 24.5 Å². The molecule has 1 aromatic heterocycles. The molecule has 0 radical (unpaired) electrons. The maximum atomic E-state index is 14.2. The number of hydrogen-bond donors (Lipinski definition) is 3. The van der Waals surface area contributed by atoms with Crippen LogP contribution < -0.4 is 35.2 Å². The first-order valence-electron chi connectivity index (χ1n) is 24.8. The number of anilines is 3. The van der Waals surface area contributed by atoms with E-state index >= 15 is 0 Å². The number of imide groups is 1. The molecule has 0 spiro atoms. The Balaban J connectivity index is 0.785. The smallest absolute Gasteiger partial charge is 0.319 e. The molecule has 2 unspecified atom stereocenters. The first-order valence-corrected chi connectivity index (χ1v) is 25.6. The van der Waals surface area contributed by atoms with E-state index < -0.39 is 24.0 Å². The summed E-state index contributed by atoms with van der Waals surface area (Å²) in [6.45, 7) is 7.94. The Morgan fingerprint density at radius 3 is 2.55 bits per heavy atom. The number of ether oxygens (including phenoxy) is 2. The average Bonchev–Trinajstić information content (AvgIpc) is 3.97. The van der Waals surface area contributed by atoms with Crippen LogP contribution in [0, 0.1) is 11.3 Å². The third kappa shape index (κ3) is 10.5. The van der Waals surface area contributed by atoms with Crippen LogP contribution in [-0.2, 0) is 40.4 Å². The van der Waals surface area contributed by atoms with Gasteiger partial charge in [-0.1, -0.05) is 66.2 Å². The number of benzene rings is 4. The highest BCUT2D eigenvalue weighted by atomic mass is 35.5. The lowest BCUT2D eigenvalue weighted by Gasteiger charge is -2.42. The lowest BCUT2D eigenvalue weighted by Crippen LogP contribution is -2.56. The van der Waals surface area contributed by atoms with E-state index in [1.54, 1.807) is 35.2 Å². The highest BCUT2D eigenvalue weighted by Gasteiger charge is 2.40. The summed E-state index contributed by atoms with van der Waals surface area (Å²) in [4.78, 5) is 84.8. The minimum absolute atomic E-state index is 0.0708. The van der Waals surface area contributed by atoms with Crippen LogP contribution in [0.25, 0.3) is 10.8 Å². The van der Waals surface area contributed by atoms with E-state index in [2.05, 4.69) is 68.5 Å². The number of nitriles is 1. The fourth-order valence-electron chi connectivity index (χ4n) is 10.7. The van der Waals surface area contributed by atoms with Gasteiger partial charge in [0, 0.05) is 84.5 Å². The molecule has 3 fully saturated rings. The van der Waals surface area contributed by atoms with Gasteiger partial charge in [0.25, 0.3) is 11.8 Å². The van der Waals surface area contributed by atoms with Gasteiger partial charge in [-0.05, 0) is 92.2 Å². The number of hydrogen-bond acceptors (Lipinski definition) is 13. The van der Waals surface area contributed by atoms with Crippen molar-refractivity contribution in [3.05, 3.63) is 123 Å². The maximum absolute atomic E-state index is 14.2. The Morgan fingerprint density at radius 2 is 1.76 bits per heavy atom. The summed E-state index contributed by atoms with van der Waals surface area (Å²) in [7, 11) is 2.10. The van der Waals surface area contributed by atoms with Gasteiger partial charge in [-0.25, -0.2) is 4.79 Å². The quantitative estimate of drug-likeness (QED) is 0.0791. The molecule has 0 aliphatic carbocycles. The molecule has 3 atom stereocenters. The number of urea groups is 1. The van der Waals surface area contributed by atoms with Gasteiger partial charge in [0.15, 0.2) is 0 Å². The minimum Gasteiger partial charge on any atom is -0.487 e. The number of nitrogens with one attached hydrogen (secondary N) is 3. The standard InChI is InChI=1S/C54H55Cl2N11O7/c1-32(30-73-46-15-12-36(55)25-42(46)59-53(72)58-26-33-11-13-39-35(24-33)27-67(52(39)71)45-14-16-47(68)61-50(45)69)51(70)66-23-22-65(28-37(66)17-19-57)49-40-18-21-64(44-10-4-7-34-6-3-9-41(56)48(34)44)29-43(40)60-54(62-49)74-31-38-8-5-20-63(38)2/h3-4,6-7,9-13,15,24-25,37-38,45H,1,5,8,14,16-18,20-23,26-31H2,2H3,(H2,58,59,72)(H,61,68,69)/t37?,38-,45?/m0/s1. The molecule has 20 heteroatoms. The summed E-state index contributed by atoms with van der Waals surface area (Å²) in [5.74, 6) is -0.502. The Hall–Kier alpha value is -7.46. The first kappa shape index (κ1) is 50.1. The number of rotatable bonds is 14. The van der Waals surface area contributed by atoms with Crippen molar-refractivity contribution in [2.75, 3.05) is 68.1 Å². The molecule has 3 N–H and O–H groups in total. The molecule has 5 aromatic rings. The molecular formula is C54H55Cl2N11O7. The summed E-state index contributed by atoms with van der Waals surface area (Å²) < 4.78 is 12.5. The molecule has 74 heavy (non-hydrogen) atoms. The highest BCUT2D eigenvalue weighted by molar-refractivity contribution is 6.36. The van der Waals surface area contributed by atoms with Crippen LogP contribution in [0.2, 0.25) is 10.0 Å². The summed E-state index contributed by atoms with van der Waals surface area (Å²) >= 11 is 13.2. The van der Waals surface area contributed by atoms with Crippen LogP contribution in [0.1, 0.15) is 64.8 Å². The van der Waals surface area contributed by atoms with Crippen molar-refractivity contribution in [2.24, 2.45) is 0 Å². The van der Waals surface area contributed by atoms with Crippen LogP contribution in [0.5, 0.6) is 11.8 Å². The second-order valence-corrected chi connectivity index (χ2v) is 20.2. The molecule has 0 saturated carbocycles. The molecule has 0 bridgehead atoms. The molecule has 3 saturated heterocycles. The van der Waals surface area contributed by atoms with Crippen molar-refractivity contribution in [1.82, 2.24) is 35.3 Å². The SMILES string of the molecule is C=C(COc1ccc(Cl)cc1NC(=O)NCc1ccc2c(c1)CN(C1CCC(=O)NC1=O)C2=O)C(=O)N1CCN(c2nc(OC[C@@H]3CCCN3C)nc3c2CCN(c2cccc4cccc(Cl)c24)C3)CC1CC#N. The van der Waals surface area contributed by atoms with Crippen LogP contribution in [0.3, 0.4) is 0 Å². The van der Waals surface area contributed by atoms with Crippen molar-refractivity contribution in [3.8, 4) is 17.8 Å². The van der Waals surface area contributed by atoms with Gasteiger partial charge < -0.3 is 44.6 Å². The Labute approximate surface area is 438 Å². The normalized spacial score (nSPS) is 19.7. The van der Waals surface area contributed by atoms with E-state index in [4.69, 9.17) is 42.6 Å². The molecule has 6 amide bonds. The number of amides is 6. The van der Waals surface area contributed by atoms with Gasteiger partial charge in [0.2, 0.25) is 11.8 Å². The van der Waals surface area contributed by atoms with Gasteiger partial charge in [-0.15, -0.1) is 0 Å². The largest absolute Gasteiger partial charge is 0.487 e. The van der Waals surface area contributed by atoms with E-state index in [0.29, 0.717) is 72.9 Å². The minimum atomic E-state index is -0.733. The van der Waals surface area contributed by atoms with Crippen LogP contribution >= 0.6 is 23.2 Å². The third-order valence-electron chi connectivity index (χ3n) is 14.6. The zero-order valence-electron chi connectivity index (χ0n) is 40.9. The number of likely N-dealkylation sites (N-methyl/N-ethyl adjacent to an activating group) is 1. The van der Waals surface area contributed by atoms with Crippen LogP contribution in [0.4, 0.5) is 22.0 Å². The lowest BCUT2D eigenvalue weighted by molar-refractivity contribution is -0.137. The number of aromatic nitrogens is 2. The number of nitrogens with zero attached hydrogens (tertiary/aromatic N) is 8. The number of likely N-dealkylation sites (tertiary alicyclic amines) is 1. The van der Waals surface area contributed by atoms with Gasteiger partial charge in [-0.2, -0.15) is 15.2 Å². The molecule has 6 heterocycles. The second-order valence-electron chi connectivity index (χ2n) is 19.3. The molecule has 5 aliphatic rings. The lowest BCUT2D eigenvalue weighted by atomic mass is 10.0. The number of piperidine rings is 1. The summed E-state index contributed by atoms with van der Waals surface area (Å²) in [6.07, 6.45) is 3.28. The van der Waals surface area contributed by atoms with Crippen molar-refractivity contribution in [3.63, 3.8) is 0 Å². The van der Waals surface area contributed by atoms with Crippen molar-refractivity contribution < 1.29 is 33.4 Å². The first-order chi connectivity index (χ1) is 35.8. The van der Waals surface area contributed by atoms with Crippen molar-refractivity contribution in [1.29, 1.82) is 5.26 Å². The van der Waals surface area contributed by atoms with Crippen molar-refractivity contribution >= 4 is 80.8 Å². The summed E-state index contributed by atoms with van der Waals surface area (Å²) in [5.41, 5.74) is 5.19. The molecule has 10 rings (SSSR count). The number of carbonyl (C=O) groups excluding carboxylic acids is 5. The van der Waals surface area contributed by atoms with Gasteiger partial charge in [0.1, 0.15) is 30.8 Å². The number of carbonyl (C=O) groups is 5. The average molecular weight is 1040 g/mol. The predicted molar refractivity (Wildman–Crippen MR) is 279 cm³/mol. The summed E-state index contributed by atoms with van der Waals surface area (Å²) in [6, 6.07) is 23.1. The van der Waals surface area contributed by atoms with E-state index in [1.165, 1.54) is 11.0 Å². The van der Waals surface area contributed by atoms with Crippen LogP contribution in [-0.4, -0.2) is 125 Å². The zero-order chi connectivity index (χ0) is 51.6. The number of halogens is 2. The summed E-state index contributed by atoms with van der Waals surface area (Å²) in [5, 5.41) is 21.0. The van der Waals surface area contributed by atoms with E-state index in [9.17, 15) is 29.2 Å². The van der Waals surface area contributed by atoms with Gasteiger partial charge >= 0.3 is 12.0 Å². The fraction of sp³-hybridized carbons (Fsp3) is 0.370. The second kappa shape index (κ2) is 21.6. The Kier molecular flexibility index (Phi) is 14.6. The monoisotopic (exact) mass is 1040 g/mol. The Bertz CT molecular complexity index is 3120. The topological polar surface area (TPSA) is 206 Å². The van der Waals surface area contributed by atoms with Crippen LogP contribution in [0.15, 0.2) is 84.9 Å². The number of fused-ring (bicyclic) bond motifs is 3. The zero-order valence-corrected chi connectivity index (χ0v) is 42.4. The Morgan fingerprint density at radius 1 is 0.919 bits per heavy atom. The highest BCUT2D eigenvalue weighted by Crippen LogP contribution is 2.38. The van der Waals surface area contributed by atoms with E-state index in [1.807, 2.05) is 18.2 Å². The number of piperazine rings is 1. The predicted octanol–water partition coefficient (Wildman–Crippen LogP) is 6.62. The van der Waals surface area contributed by atoms with E-state index in [-0.39, 0.29) is 79.7 Å². The molecule has 5 aliphatic heterocycles. The van der Waals surface area contributed by atoms with Crippen molar-refractivity contribution in [2.45, 2.75) is 76.3 Å². The van der Waals surface area contributed by atoms with Gasteiger partial charge in [0.05, 0.1) is 41.5 Å². The fourth-order valence-corrected chi connectivity index (χ4v) is 11.1. The third-order valence-corrected chi connectivity index (χ3v) is 15.1. The molecule has 18 nitrogen and oxygen atoms in total. The van der Waals surface area contributed by atoms with E-state index in [0.717, 1.165) is 58.5 Å². The maximum Gasteiger partial charge on any atom is 0.319 e. The molecule has 382 valence electrons. The molecule has 4 aromatic carbocycles.